The molecule has 1 aromatic rings. The van der Waals surface area contributed by atoms with Crippen LogP contribution in [0.1, 0.15) is 25.3 Å². The van der Waals surface area contributed by atoms with E-state index in [1.165, 1.54) is 5.56 Å². The van der Waals surface area contributed by atoms with Crippen molar-refractivity contribution in [2.45, 2.75) is 31.8 Å². The normalized spacial score (nSPS) is 21.7. The minimum absolute atomic E-state index is 0.221. The molecule has 4 heteroatoms. The third kappa shape index (κ3) is 3.24. The maximum absolute atomic E-state index is 11.6. The fourth-order valence-corrected chi connectivity index (χ4v) is 2.07. The highest BCUT2D eigenvalue weighted by atomic mass is 35.5. The Labute approximate surface area is 112 Å². The summed E-state index contributed by atoms with van der Waals surface area (Å²) in [5.74, 6) is -0.221. The lowest BCUT2D eigenvalue weighted by atomic mass is 10.0. The van der Waals surface area contributed by atoms with Crippen molar-refractivity contribution in [3.63, 3.8) is 0 Å². The van der Waals surface area contributed by atoms with Crippen LogP contribution in [0.2, 0.25) is 5.02 Å². The van der Waals surface area contributed by atoms with Crippen molar-refractivity contribution in [3.8, 4) is 0 Å². The fraction of sp³-hybridized carbons (Fsp3) is 0.500. The Morgan fingerprint density at radius 2 is 2.11 bits per heavy atom. The summed E-state index contributed by atoms with van der Waals surface area (Å²) in [5, 5.41) is 0.743. The van der Waals surface area contributed by atoms with Gasteiger partial charge in [0.25, 0.3) is 0 Å². The Balaban J connectivity index is 1.78. The topological polar surface area (TPSA) is 38.8 Å². The minimum Gasteiger partial charge on any atom is -0.464 e. The number of benzene rings is 1. The van der Waals surface area contributed by atoms with Crippen LogP contribution in [0, 0.1) is 0 Å². The van der Waals surface area contributed by atoms with Crippen molar-refractivity contribution in [1.82, 2.24) is 0 Å². The molecule has 1 atom stereocenters. The Morgan fingerprint density at radius 3 is 2.67 bits per heavy atom. The van der Waals surface area contributed by atoms with Crippen LogP contribution in [0.3, 0.4) is 0 Å². The molecule has 18 heavy (non-hydrogen) atoms. The highest BCUT2D eigenvalue weighted by molar-refractivity contribution is 6.30. The Morgan fingerprint density at radius 1 is 1.44 bits per heavy atom. The zero-order chi connectivity index (χ0) is 13.0. The van der Waals surface area contributed by atoms with Gasteiger partial charge in [-0.15, -0.1) is 0 Å². The van der Waals surface area contributed by atoms with Gasteiger partial charge in [0.2, 0.25) is 0 Å². The van der Waals surface area contributed by atoms with Crippen LogP contribution in [0.15, 0.2) is 24.3 Å². The summed E-state index contributed by atoms with van der Waals surface area (Å²) in [6.07, 6.45) is 2.54. The summed E-state index contributed by atoms with van der Waals surface area (Å²) in [5.41, 5.74) is 0.571. The largest absolute Gasteiger partial charge is 0.464 e. The highest BCUT2D eigenvalue weighted by Gasteiger charge is 2.52. The summed E-state index contributed by atoms with van der Waals surface area (Å²) in [4.78, 5) is 11.6. The quantitative estimate of drug-likeness (QED) is 0.588. The van der Waals surface area contributed by atoms with Gasteiger partial charge in [0, 0.05) is 5.02 Å². The molecule has 0 aliphatic carbocycles. The van der Waals surface area contributed by atoms with Gasteiger partial charge in [-0.05, 0) is 43.9 Å². The molecule has 1 aliphatic rings. The average Bonchev–Trinajstić information content (AvgIpc) is 3.13. The van der Waals surface area contributed by atoms with Gasteiger partial charge in [0.15, 0.2) is 5.60 Å². The Hall–Kier alpha value is -1.06. The summed E-state index contributed by atoms with van der Waals surface area (Å²) in [6.45, 7) is 2.70. The van der Waals surface area contributed by atoms with Crippen LogP contribution < -0.4 is 0 Å². The van der Waals surface area contributed by atoms with E-state index in [1.807, 2.05) is 31.2 Å². The first-order valence-electron chi connectivity index (χ1n) is 6.22. The second-order valence-corrected chi connectivity index (χ2v) is 4.92. The number of halogens is 1. The number of hydrogen-bond donors (Lipinski definition) is 0. The van der Waals surface area contributed by atoms with E-state index in [1.54, 1.807) is 0 Å². The number of carbonyl (C=O) groups excluding carboxylic acids is 1. The summed E-state index contributed by atoms with van der Waals surface area (Å²) in [6, 6.07) is 7.78. The van der Waals surface area contributed by atoms with Gasteiger partial charge in [-0.1, -0.05) is 23.7 Å². The number of esters is 1. The van der Waals surface area contributed by atoms with Crippen molar-refractivity contribution >= 4 is 17.6 Å². The van der Waals surface area contributed by atoms with Gasteiger partial charge < -0.3 is 9.47 Å². The van der Waals surface area contributed by atoms with Gasteiger partial charge >= 0.3 is 5.97 Å². The van der Waals surface area contributed by atoms with Crippen LogP contribution in [-0.4, -0.2) is 24.8 Å². The monoisotopic (exact) mass is 268 g/mol. The average molecular weight is 269 g/mol. The first-order valence-corrected chi connectivity index (χ1v) is 6.60. The van der Waals surface area contributed by atoms with Gasteiger partial charge in [0.05, 0.1) is 13.2 Å². The third-order valence-electron chi connectivity index (χ3n) is 3.10. The van der Waals surface area contributed by atoms with Crippen molar-refractivity contribution in [2.24, 2.45) is 0 Å². The predicted molar refractivity (Wildman–Crippen MR) is 69.7 cm³/mol. The smallest absolute Gasteiger partial charge is 0.340 e. The van der Waals surface area contributed by atoms with Crippen LogP contribution in [0.4, 0.5) is 0 Å². The molecule has 0 unspecified atom stereocenters. The Kier molecular flexibility index (Phi) is 4.25. The standard InChI is InChI=1S/C14H17ClO3/c1-2-17-13(16)14(10-18-14)9-3-4-11-5-7-12(15)8-6-11/h5-8H,2-4,9-10H2,1H3/t14-/m0/s1. The highest BCUT2D eigenvalue weighted by Crippen LogP contribution is 2.34. The first kappa shape index (κ1) is 13.4. The fourth-order valence-electron chi connectivity index (χ4n) is 1.94. The lowest BCUT2D eigenvalue weighted by molar-refractivity contribution is -0.149. The SMILES string of the molecule is CCOC(=O)[C@]1(CCCc2ccc(Cl)cc2)CO1. The van der Waals surface area contributed by atoms with Crippen LogP contribution in [0.25, 0.3) is 0 Å². The number of hydrogen-bond acceptors (Lipinski definition) is 3. The molecule has 0 amide bonds. The number of ether oxygens (including phenoxy) is 2. The second-order valence-electron chi connectivity index (χ2n) is 4.48. The van der Waals surface area contributed by atoms with Crippen LogP contribution >= 0.6 is 11.6 Å². The van der Waals surface area contributed by atoms with E-state index >= 15 is 0 Å². The number of aryl methyl sites for hydroxylation is 1. The molecule has 1 saturated heterocycles. The molecule has 3 nitrogen and oxygen atoms in total. The van der Waals surface area contributed by atoms with Crippen molar-refractivity contribution in [3.05, 3.63) is 34.9 Å². The molecule has 1 aliphatic heterocycles. The summed E-state index contributed by atoms with van der Waals surface area (Å²) >= 11 is 5.82. The predicted octanol–water partition coefficient (Wildman–Crippen LogP) is 2.99. The van der Waals surface area contributed by atoms with Crippen LogP contribution in [0.5, 0.6) is 0 Å². The molecule has 0 aromatic heterocycles. The molecule has 0 spiro atoms. The molecule has 98 valence electrons. The lowest BCUT2D eigenvalue weighted by Crippen LogP contribution is -2.27. The van der Waals surface area contributed by atoms with E-state index in [-0.39, 0.29) is 5.97 Å². The molecule has 0 N–H and O–H groups in total. The van der Waals surface area contributed by atoms with Crippen molar-refractivity contribution in [1.29, 1.82) is 0 Å². The van der Waals surface area contributed by atoms with E-state index in [4.69, 9.17) is 21.1 Å². The maximum atomic E-state index is 11.6. The molecule has 0 saturated carbocycles. The molecular weight excluding hydrogens is 252 g/mol. The van der Waals surface area contributed by atoms with Gasteiger partial charge in [-0.25, -0.2) is 4.79 Å². The molecule has 1 aromatic carbocycles. The van der Waals surface area contributed by atoms with Gasteiger partial charge in [0.1, 0.15) is 0 Å². The first-order chi connectivity index (χ1) is 8.66. The zero-order valence-corrected chi connectivity index (χ0v) is 11.2. The van der Waals surface area contributed by atoms with Gasteiger partial charge in [-0.3, -0.25) is 0 Å². The van der Waals surface area contributed by atoms with E-state index in [9.17, 15) is 4.79 Å². The number of epoxide rings is 1. The maximum Gasteiger partial charge on any atom is 0.340 e. The van der Waals surface area contributed by atoms with Crippen molar-refractivity contribution < 1.29 is 14.3 Å². The molecular formula is C14H17ClO3. The lowest BCUT2D eigenvalue weighted by Gasteiger charge is -2.10. The van der Waals surface area contributed by atoms with E-state index in [0.29, 0.717) is 19.6 Å². The second kappa shape index (κ2) is 5.72. The van der Waals surface area contributed by atoms with Gasteiger partial charge in [-0.2, -0.15) is 0 Å². The molecule has 2 rings (SSSR count). The molecule has 1 heterocycles. The Bertz CT molecular complexity index is 410. The van der Waals surface area contributed by atoms with E-state index in [2.05, 4.69) is 0 Å². The number of rotatable bonds is 6. The molecule has 1 fully saturated rings. The molecule has 0 radical (unpaired) electrons. The van der Waals surface area contributed by atoms with E-state index < -0.39 is 5.60 Å². The summed E-state index contributed by atoms with van der Waals surface area (Å²) < 4.78 is 10.3. The van der Waals surface area contributed by atoms with Crippen LogP contribution in [-0.2, 0) is 20.7 Å². The molecule has 0 bridgehead atoms. The third-order valence-corrected chi connectivity index (χ3v) is 3.35. The minimum atomic E-state index is -0.650. The van der Waals surface area contributed by atoms with E-state index in [0.717, 1.165) is 17.9 Å². The zero-order valence-electron chi connectivity index (χ0n) is 10.4. The summed E-state index contributed by atoms with van der Waals surface area (Å²) in [7, 11) is 0. The number of carbonyl (C=O) groups is 1. The van der Waals surface area contributed by atoms with Crippen molar-refractivity contribution in [2.75, 3.05) is 13.2 Å².